The predicted octanol–water partition coefficient (Wildman–Crippen LogP) is 11.9. The normalized spacial score (nSPS) is 10.6. The van der Waals surface area contributed by atoms with Crippen molar-refractivity contribution in [2.75, 3.05) is 0 Å². The molecule has 0 saturated carbocycles. The molecule has 43 heavy (non-hydrogen) atoms. The summed E-state index contributed by atoms with van der Waals surface area (Å²) in [5.74, 6) is 0. The van der Waals surface area contributed by atoms with Gasteiger partial charge in [-0.15, -0.1) is 68.7 Å². The molecule has 0 unspecified atom stereocenters. The van der Waals surface area contributed by atoms with Gasteiger partial charge in [0.15, 0.2) is 0 Å². The molecule has 7 aromatic carbocycles. The van der Waals surface area contributed by atoms with Crippen LogP contribution in [-0.2, 0) is 31.7 Å². The van der Waals surface area contributed by atoms with Crippen molar-refractivity contribution in [2.45, 2.75) is 33.6 Å². The molecule has 0 spiro atoms. The molecule has 0 atom stereocenters. The second-order valence-corrected chi connectivity index (χ2v) is 18.8. The van der Waals surface area contributed by atoms with E-state index in [9.17, 15) is 0 Å². The Bertz CT molecular complexity index is 1860. The summed E-state index contributed by atoms with van der Waals surface area (Å²) in [6, 6.07) is 49.1. The van der Waals surface area contributed by atoms with Crippen LogP contribution in [0.5, 0.6) is 0 Å². The van der Waals surface area contributed by atoms with Gasteiger partial charge in [-0.25, -0.2) is 0 Å². The van der Waals surface area contributed by atoms with Crippen molar-refractivity contribution >= 4 is 52.5 Å². The van der Waals surface area contributed by atoms with Gasteiger partial charge >= 0.3 is 111 Å². The minimum absolute atomic E-state index is 1.11. The number of halogens is 2. The maximum absolute atomic E-state index is 6.24. The summed E-state index contributed by atoms with van der Waals surface area (Å²) in [5, 5.41) is 8.23. The Hall–Kier alpha value is -3.09. The van der Waals surface area contributed by atoms with Crippen molar-refractivity contribution in [3.05, 3.63) is 167 Å². The second-order valence-electron chi connectivity index (χ2n) is 10.7. The van der Waals surface area contributed by atoms with E-state index in [0.717, 1.165) is 27.2 Å². The van der Waals surface area contributed by atoms with Crippen LogP contribution >= 0.6 is 17.0 Å². The van der Waals surface area contributed by atoms with Gasteiger partial charge in [0.2, 0.25) is 0 Å². The Morgan fingerprint density at radius 2 is 1.14 bits per heavy atom. The first-order valence-corrected chi connectivity index (χ1v) is 22.4. The summed E-state index contributed by atoms with van der Waals surface area (Å²) in [6.45, 7) is 6.53. The van der Waals surface area contributed by atoms with E-state index in [0.29, 0.717) is 0 Å². The van der Waals surface area contributed by atoms with E-state index in [1.54, 1.807) is 0 Å². The van der Waals surface area contributed by atoms with E-state index in [4.69, 9.17) is 17.0 Å². The van der Waals surface area contributed by atoms with Gasteiger partial charge in [-0.1, -0.05) is 60.9 Å². The number of aryl methyl sites for hydroxylation is 3. The third-order valence-corrected chi connectivity index (χ3v) is 12.3. The van der Waals surface area contributed by atoms with Gasteiger partial charge in [-0.05, 0) is 19.8 Å². The topological polar surface area (TPSA) is 0 Å². The SMILES string of the molecule is CCc1ccc2c(c1)[cH-]c1cc(CC)ccc12.Cc1ccc2cc[cH-]c2c1.[Cl][Zr]([Cl])=[C](c1ccccc1)c1ccccc1. The molecule has 0 aliphatic rings. The Morgan fingerprint density at radius 3 is 1.63 bits per heavy atom. The molecular formula is C40H36Cl2Zr-2. The van der Waals surface area contributed by atoms with Crippen LogP contribution in [0.3, 0.4) is 0 Å². The molecule has 0 bridgehead atoms. The van der Waals surface area contributed by atoms with E-state index >= 15 is 0 Å². The van der Waals surface area contributed by atoms with Gasteiger partial charge in [0.25, 0.3) is 0 Å². The molecular weight excluding hydrogens is 643 g/mol. The molecule has 0 aliphatic heterocycles. The number of benzene rings is 5. The molecule has 0 radical (unpaired) electrons. The molecule has 0 N–H and O–H groups in total. The van der Waals surface area contributed by atoms with Gasteiger partial charge in [0.1, 0.15) is 0 Å². The minimum atomic E-state index is -2.44. The maximum atomic E-state index is 6.24. The number of fused-ring (bicyclic) bond motifs is 4. The van der Waals surface area contributed by atoms with Crippen LogP contribution in [0.1, 0.15) is 41.7 Å². The van der Waals surface area contributed by atoms with Crippen LogP contribution in [0, 0.1) is 6.92 Å². The van der Waals surface area contributed by atoms with E-state index in [1.807, 2.05) is 36.4 Å². The third kappa shape index (κ3) is 7.90. The van der Waals surface area contributed by atoms with Gasteiger partial charge in [-0.3, -0.25) is 0 Å². The van der Waals surface area contributed by atoms with E-state index in [2.05, 4.69) is 124 Å². The molecule has 3 heteroatoms. The van der Waals surface area contributed by atoms with Crippen molar-refractivity contribution in [3.8, 4) is 0 Å². The molecule has 0 aromatic heterocycles. The second kappa shape index (κ2) is 15.1. The first-order valence-electron chi connectivity index (χ1n) is 14.9. The summed E-state index contributed by atoms with van der Waals surface area (Å²) in [4.78, 5) is 0. The molecule has 0 amide bonds. The number of hydrogen-bond acceptors (Lipinski definition) is 0. The summed E-state index contributed by atoms with van der Waals surface area (Å²) in [5.41, 5.74) is 6.46. The zero-order valence-corrected chi connectivity index (χ0v) is 28.9. The van der Waals surface area contributed by atoms with Crippen molar-refractivity contribution in [1.82, 2.24) is 0 Å². The Labute approximate surface area is 270 Å². The van der Waals surface area contributed by atoms with Gasteiger partial charge < -0.3 is 0 Å². The molecule has 0 aliphatic carbocycles. The first kappa shape index (κ1) is 31.3. The fourth-order valence-corrected chi connectivity index (χ4v) is 9.88. The zero-order valence-electron chi connectivity index (χ0n) is 24.9. The van der Waals surface area contributed by atoms with E-state index < -0.39 is 18.9 Å². The van der Waals surface area contributed by atoms with Crippen molar-refractivity contribution < 1.29 is 18.9 Å². The average molecular weight is 679 g/mol. The molecule has 0 nitrogen and oxygen atoms in total. The van der Waals surface area contributed by atoms with Crippen molar-refractivity contribution in [3.63, 3.8) is 0 Å². The summed E-state index contributed by atoms with van der Waals surface area (Å²) in [6.07, 6.45) is 2.22. The van der Waals surface area contributed by atoms with Crippen LogP contribution in [0.2, 0.25) is 0 Å². The fourth-order valence-electron chi connectivity index (χ4n) is 5.40. The van der Waals surface area contributed by atoms with Crippen LogP contribution in [0.15, 0.2) is 140 Å². The monoisotopic (exact) mass is 676 g/mol. The number of rotatable bonds is 4. The van der Waals surface area contributed by atoms with Gasteiger partial charge in [0.05, 0.1) is 0 Å². The van der Waals surface area contributed by atoms with Crippen LogP contribution in [0.4, 0.5) is 0 Å². The Balaban J connectivity index is 0.000000133. The van der Waals surface area contributed by atoms with Gasteiger partial charge in [-0.2, -0.15) is 12.1 Å². The predicted molar refractivity (Wildman–Crippen MR) is 188 cm³/mol. The summed E-state index contributed by atoms with van der Waals surface area (Å²) >= 11 is -2.44. The van der Waals surface area contributed by atoms with Gasteiger partial charge in [0, 0.05) is 0 Å². The van der Waals surface area contributed by atoms with Crippen LogP contribution in [0.25, 0.3) is 32.3 Å². The summed E-state index contributed by atoms with van der Waals surface area (Å²) in [7, 11) is 12.5. The zero-order chi connectivity index (χ0) is 30.2. The molecule has 0 heterocycles. The van der Waals surface area contributed by atoms with Crippen molar-refractivity contribution in [1.29, 1.82) is 0 Å². The average Bonchev–Trinajstić information content (AvgIpc) is 3.65. The molecule has 0 fully saturated rings. The third-order valence-electron chi connectivity index (χ3n) is 7.76. The molecule has 7 rings (SSSR count). The molecule has 0 saturated heterocycles. The first-order chi connectivity index (χ1) is 21.0. The van der Waals surface area contributed by atoms with E-state index in [-0.39, 0.29) is 0 Å². The van der Waals surface area contributed by atoms with Crippen LogP contribution in [-0.4, -0.2) is 3.21 Å². The van der Waals surface area contributed by atoms with Crippen LogP contribution < -0.4 is 0 Å². The fraction of sp³-hybridized carbons (Fsp3) is 0.125. The quantitative estimate of drug-likeness (QED) is 0.163. The van der Waals surface area contributed by atoms with Crippen molar-refractivity contribution in [2.24, 2.45) is 0 Å². The number of hydrogen-bond donors (Lipinski definition) is 0. The molecule has 216 valence electrons. The Kier molecular flexibility index (Phi) is 11.0. The standard InChI is InChI=1S/C17H17.C13H10.C10H9.2ClH.Zr/c1-3-12-5-7-16-14(9-12)11-15-10-13(4-2)6-8-17(15)16;1-3-7-12(8-4-1)11-13-9-5-2-6-10-13;1-8-5-6-9-3-2-4-10(9)7-8;;;/h5-11H,3-4H2,1-2H3;1-10H;2-7H,1H3;2*1H;/q-1;;-1;;;+2/p-2. The summed E-state index contributed by atoms with van der Waals surface area (Å²) < 4.78 is 1.15. The Morgan fingerprint density at radius 1 is 0.605 bits per heavy atom. The van der Waals surface area contributed by atoms with E-state index in [1.165, 1.54) is 49.0 Å². The molecule has 7 aromatic rings.